The molecule has 5 atom stereocenters. The van der Waals surface area contributed by atoms with Crippen LogP contribution in [0.5, 0.6) is 0 Å². The molecule has 0 heterocycles. The van der Waals surface area contributed by atoms with Crippen molar-refractivity contribution in [1.29, 1.82) is 0 Å². The summed E-state index contributed by atoms with van der Waals surface area (Å²) in [6.45, 7) is 1.01. The maximum Gasteiger partial charge on any atom is 0.253 e. The van der Waals surface area contributed by atoms with Crippen LogP contribution < -0.4 is 4.90 Å². The Labute approximate surface area is 235 Å². The molecule has 5 nitrogen and oxygen atoms in total. The van der Waals surface area contributed by atoms with Crippen molar-refractivity contribution >= 4 is 11.6 Å². The van der Waals surface area contributed by atoms with E-state index in [0.29, 0.717) is 37.8 Å². The number of ether oxygens (including phenoxy) is 1. The average Bonchev–Trinajstić information content (AvgIpc) is 3.50. The number of carbonyl (C=O) groups is 1. The lowest BCUT2D eigenvalue weighted by molar-refractivity contribution is -0.123. The van der Waals surface area contributed by atoms with Gasteiger partial charge in [-0.05, 0) is 91.3 Å². The molecule has 0 bridgehead atoms. The van der Waals surface area contributed by atoms with Crippen molar-refractivity contribution < 1.29 is 24.1 Å². The first-order chi connectivity index (χ1) is 19.5. The molecule has 0 saturated heterocycles. The quantitative estimate of drug-likeness (QED) is 0.215. The van der Waals surface area contributed by atoms with Crippen LogP contribution in [0.4, 0.5) is 10.1 Å². The highest BCUT2D eigenvalue weighted by Gasteiger charge is 2.49. The van der Waals surface area contributed by atoms with E-state index in [2.05, 4.69) is 0 Å². The summed E-state index contributed by atoms with van der Waals surface area (Å²) < 4.78 is 19.1. The van der Waals surface area contributed by atoms with E-state index in [1.807, 2.05) is 60.7 Å². The van der Waals surface area contributed by atoms with Crippen LogP contribution in [0.2, 0.25) is 0 Å². The molecule has 2 N–H and O–H groups in total. The lowest BCUT2D eigenvalue weighted by Gasteiger charge is -2.23. The van der Waals surface area contributed by atoms with Gasteiger partial charge in [0, 0.05) is 18.2 Å². The smallest absolute Gasteiger partial charge is 0.253 e. The van der Waals surface area contributed by atoms with Gasteiger partial charge >= 0.3 is 0 Å². The van der Waals surface area contributed by atoms with Gasteiger partial charge in [-0.15, -0.1) is 0 Å². The minimum Gasteiger partial charge on any atom is -0.512 e. The average molecular weight is 544 g/mol. The van der Waals surface area contributed by atoms with E-state index >= 15 is 0 Å². The first-order valence-corrected chi connectivity index (χ1v) is 14.3. The predicted octanol–water partition coefficient (Wildman–Crippen LogP) is 6.47. The fourth-order valence-corrected chi connectivity index (χ4v) is 6.55. The molecule has 3 aromatic rings. The summed E-state index contributed by atoms with van der Waals surface area (Å²) in [5.74, 6) is 0.703. The van der Waals surface area contributed by atoms with Crippen LogP contribution >= 0.6 is 0 Å². The molecular formula is C34H38FNO4. The first kappa shape index (κ1) is 28.1. The molecule has 3 aromatic carbocycles. The van der Waals surface area contributed by atoms with Gasteiger partial charge in [0.05, 0.1) is 18.4 Å². The Kier molecular flexibility index (Phi) is 9.30. The highest BCUT2D eigenvalue weighted by atomic mass is 19.1. The van der Waals surface area contributed by atoms with Crippen LogP contribution in [-0.4, -0.2) is 35.4 Å². The number of anilines is 1. The second kappa shape index (κ2) is 13.2. The topological polar surface area (TPSA) is 70.0 Å². The molecule has 0 aliphatic heterocycles. The zero-order chi connectivity index (χ0) is 27.9. The first-order valence-electron chi connectivity index (χ1n) is 14.3. The van der Waals surface area contributed by atoms with Crippen LogP contribution in [0, 0.1) is 29.5 Å². The molecular weight excluding hydrogens is 505 g/mol. The number of halogens is 1. The molecule has 210 valence electrons. The van der Waals surface area contributed by atoms with Gasteiger partial charge < -0.3 is 19.8 Å². The molecule has 0 aromatic heterocycles. The summed E-state index contributed by atoms with van der Waals surface area (Å²) in [6.07, 6.45) is 5.22. The second-order valence-corrected chi connectivity index (χ2v) is 11.2. The van der Waals surface area contributed by atoms with Crippen LogP contribution in [0.1, 0.15) is 36.8 Å². The summed E-state index contributed by atoms with van der Waals surface area (Å²) in [6, 6.07) is 25.9. The number of benzene rings is 3. The molecule has 5 rings (SSSR count). The molecule has 6 heteroatoms. The Morgan fingerprint density at radius 1 is 0.925 bits per heavy atom. The Bertz CT molecular complexity index is 1260. The lowest BCUT2D eigenvalue weighted by Crippen LogP contribution is -2.33. The zero-order valence-electron chi connectivity index (χ0n) is 22.7. The number of amides is 1. The fourth-order valence-electron chi connectivity index (χ4n) is 6.55. The summed E-state index contributed by atoms with van der Waals surface area (Å²) in [4.78, 5) is 14.9. The maximum atomic E-state index is 13.2. The van der Waals surface area contributed by atoms with Crippen molar-refractivity contribution in [3.8, 4) is 0 Å². The summed E-state index contributed by atoms with van der Waals surface area (Å²) in [7, 11) is 0. The molecule has 0 unspecified atom stereocenters. The number of hydrogen-bond acceptors (Lipinski definition) is 4. The van der Waals surface area contributed by atoms with Crippen molar-refractivity contribution in [3.63, 3.8) is 0 Å². The summed E-state index contributed by atoms with van der Waals surface area (Å²) >= 11 is 0. The highest BCUT2D eigenvalue weighted by Crippen LogP contribution is 2.52. The van der Waals surface area contributed by atoms with Crippen molar-refractivity contribution in [2.45, 2.75) is 44.8 Å². The van der Waals surface area contributed by atoms with E-state index in [1.165, 1.54) is 12.1 Å². The summed E-state index contributed by atoms with van der Waals surface area (Å²) in [5.41, 5.74) is 2.83. The molecule has 0 spiro atoms. The van der Waals surface area contributed by atoms with Crippen LogP contribution in [0.3, 0.4) is 0 Å². The van der Waals surface area contributed by atoms with E-state index in [-0.39, 0.29) is 35.9 Å². The van der Waals surface area contributed by atoms with E-state index in [9.17, 15) is 19.4 Å². The Morgan fingerprint density at radius 3 is 2.35 bits per heavy atom. The fraction of sp³-hybridized carbons (Fsp3) is 0.382. The normalized spacial score (nSPS) is 24.1. The van der Waals surface area contributed by atoms with E-state index in [0.717, 1.165) is 36.1 Å². The number of para-hydroxylation sites is 1. The molecule has 1 amide bonds. The number of hydrogen-bond donors (Lipinski definition) is 2. The van der Waals surface area contributed by atoms with Crippen molar-refractivity contribution in [2.24, 2.45) is 23.7 Å². The van der Waals surface area contributed by atoms with Gasteiger partial charge in [-0.2, -0.15) is 0 Å². The molecule has 2 fully saturated rings. The minimum atomic E-state index is -0.539. The Balaban J connectivity index is 1.11. The summed E-state index contributed by atoms with van der Waals surface area (Å²) in [5, 5.41) is 21.6. The van der Waals surface area contributed by atoms with Gasteiger partial charge in [0.2, 0.25) is 0 Å². The Morgan fingerprint density at radius 2 is 1.62 bits per heavy atom. The Hall–Kier alpha value is -3.48. The SMILES string of the molecule is O=C(COCC[C@H]1C[C@H]2C[C@@H](O)[C@H](C(O)=CCc3ccc(F)cc3)[C@@H]2C1)N(Cc1ccccc1)c1ccccc1. The van der Waals surface area contributed by atoms with Gasteiger partial charge in [-0.1, -0.05) is 60.7 Å². The third-order valence-corrected chi connectivity index (χ3v) is 8.52. The minimum absolute atomic E-state index is 0.0234. The third kappa shape index (κ3) is 6.98. The van der Waals surface area contributed by atoms with Crippen LogP contribution in [0.25, 0.3) is 0 Å². The van der Waals surface area contributed by atoms with Gasteiger partial charge in [-0.3, -0.25) is 4.79 Å². The monoisotopic (exact) mass is 543 g/mol. The second-order valence-electron chi connectivity index (χ2n) is 11.2. The number of carbonyl (C=O) groups excluding carboxylic acids is 1. The molecule has 40 heavy (non-hydrogen) atoms. The van der Waals surface area contributed by atoms with E-state index < -0.39 is 6.10 Å². The van der Waals surface area contributed by atoms with Crippen molar-refractivity contribution in [2.75, 3.05) is 18.1 Å². The van der Waals surface area contributed by atoms with Gasteiger partial charge in [-0.25, -0.2) is 4.39 Å². The molecule has 2 aliphatic rings. The molecule has 2 aliphatic carbocycles. The standard InChI is InChI=1S/C34H38FNO4/c35-28-14-11-24(12-15-28)13-16-31(37)34-30-20-26(19-27(30)21-32(34)38)17-18-40-23-33(39)36(29-9-5-2-6-10-29)22-25-7-3-1-4-8-25/h1-12,14-16,26-27,30,32,34,37-38H,13,17-23H2/t26-,27-,30+,32+,34-/m0/s1. The highest BCUT2D eigenvalue weighted by molar-refractivity contribution is 5.94. The van der Waals surface area contributed by atoms with E-state index in [4.69, 9.17) is 4.74 Å². The van der Waals surface area contributed by atoms with Crippen LogP contribution in [0.15, 0.2) is 96.8 Å². The maximum absolute atomic E-state index is 13.2. The van der Waals surface area contributed by atoms with Crippen molar-refractivity contribution in [1.82, 2.24) is 0 Å². The molecule has 0 radical (unpaired) electrons. The van der Waals surface area contributed by atoms with Gasteiger partial charge in [0.25, 0.3) is 5.91 Å². The number of rotatable bonds is 11. The largest absolute Gasteiger partial charge is 0.512 e. The van der Waals surface area contributed by atoms with Crippen molar-refractivity contribution in [3.05, 3.63) is 114 Å². The predicted molar refractivity (Wildman–Crippen MR) is 154 cm³/mol. The zero-order valence-corrected chi connectivity index (χ0v) is 22.7. The van der Waals surface area contributed by atoms with Crippen LogP contribution in [-0.2, 0) is 22.5 Å². The van der Waals surface area contributed by atoms with Gasteiger partial charge in [0.1, 0.15) is 12.4 Å². The third-order valence-electron chi connectivity index (χ3n) is 8.52. The molecule has 2 saturated carbocycles. The number of aliphatic hydroxyl groups excluding tert-OH is 2. The number of aliphatic hydroxyl groups is 2. The number of fused-ring (bicyclic) bond motifs is 1. The lowest BCUT2D eigenvalue weighted by atomic mass is 9.88. The number of nitrogens with zero attached hydrogens (tertiary/aromatic N) is 1. The number of allylic oxidation sites excluding steroid dienone is 1. The van der Waals surface area contributed by atoms with E-state index in [1.54, 1.807) is 23.1 Å². The van der Waals surface area contributed by atoms with Gasteiger partial charge in [0.15, 0.2) is 0 Å².